The summed E-state index contributed by atoms with van der Waals surface area (Å²) in [5, 5.41) is 2.77. The lowest BCUT2D eigenvalue weighted by molar-refractivity contribution is -0.115. The molecular formula is C15H13NO2S. The van der Waals surface area contributed by atoms with Crippen LogP contribution in [0.15, 0.2) is 30.3 Å². The summed E-state index contributed by atoms with van der Waals surface area (Å²) in [4.78, 5) is 25.6. The van der Waals surface area contributed by atoms with Crippen LogP contribution < -0.4 is 5.32 Å². The summed E-state index contributed by atoms with van der Waals surface area (Å²) in [5.74, 6) is 0.0239. The van der Waals surface area contributed by atoms with E-state index < -0.39 is 0 Å². The van der Waals surface area contributed by atoms with Gasteiger partial charge < -0.3 is 5.32 Å². The molecule has 4 heteroatoms. The topological polar surface area (TPSA) is 46.2 Å². The number of hydrogen-bond acceptors (Lipinski definition) is 3. The summed E-state index contributed by atoms with van der Waals surface area (Å²) in [6, 6.07) is 9.28. The number of ketones is 1. The molecule has 0 unspecified atom stereocenters. The third-order valence-electron chi connectivity index (χ3n) is 3.23. The van der Waals surface area contributed by atoms with E-state index in [0.29, 0.717) is 12.0 Å². The minimum atomic E-state index is -0.0102. The molecule has 19 heavy (non-hydrogen) atoms. The predicted molar refractivity (Wildman–Crippen MR) is 75.9 cm³/mol. The first kappa shape index (κ1) is 12.1. The summed E-state index contributed by atoms with van der Waals surface area (Å²) in [5.41, 5.74) is 2.38. The number of rotatable bonds is 3. The second-order valence-corrected chi connectivity index (χ2v) is 5.71. The van der Waals surface area contributed by atoms with Crippen LogP contribution in [0.1, 0.15) is 32.6 Å². The maximum Gasteiger partial charge on any atom is 0.228 e. The molecule has 3 nitrogen and oxygen atoms in total. The van der Waals surface area contributed by atoms with Crippen molar-refractivity contribution in [1.82, 2.24) is 0 Å². The molecule has 0 radical (unpaired) electrons. The number of thiophene rings is 1. The van der Waals surface area contributed by atoms with Crippen molar-refractivity contribution in [3.05, 3.63) is 51.2 Å². The highest BCUT2D eigenvalue weighted by molar-refractivity contribution is 7.14. The van der Waals surface area contributed by atoms with E-state index >= 15 is 0 Å². The van der Waals surface area contributed by atoms with Gasteiger partial charge in [0.15, 0.2) is 0 Å². The Hall–Kier alpha value is -1.94. The van der Waals surface area contributed by atoms with E-state index in [9.17, 15) is 9.59 Å². The van der Waals surface area contributed by atoms with Gasteiger partial charge in [0.2, 0.25) is 11.7 Å². The first-order valence-electron chi connectivity index (χ1n) is 6.23. The van der Waals surface area contributed by atoms with Crippen LogP contribution in [-0.4, -0.2) is 11.7 Å². The normalized spacial score (nSPS) is 13.2. The van der Waals surface area contributed by atoms with Crippen molar-refractivity contribution < 1.29 is 9.59 Å². The van der Waals surface area contributed by atoms with Gasteiger partial charge in [-0.15, -0.1) is 11.3 Å². The van der Waals surface area contributed by atoms with E-state index in [-0.39, 0.29) is 11.7 Å². The number of hydrogen-bond donors (Lipinski definition) is 1. The monoisotopic (exact) mass is 271 g/mol. The van der Waals surface area contributed by atoms with Gasteiger partial charge in [-0.25, -0.2) is 0 Å². The molecule has 3 rings (SSSR count). The van der Waals surface area contributed by atoms with Crippen molar-refractivity contribution in [2.24, 2.45) is 0 Å². The van der Waals surface area contributed by atoms with Gasteiger partial charge in [-0.1, -0.05) is 6.92 Å². The number of fused-ring (bicyclic) bond motifs is 1. The molecule has 0 fully saturated rings. The Morgan fingerprint density at radius 1 is 1.32 bits per heavy atom. The van der Waals surface area contributed by atoms with Gasteiger partial charge in [-0.3, -0.25) is 9.59 Å². The lowest BCUT2D eigenvalue weighted by Gasteiger charge is -2.02. The zero-order valence-electron chi connectivity index (χ0n) is 10.5. The van der Waals surface area contributed by atoms with Crippen LogP contribution in [0.2, 0.25) is 0 Å². The average molecular weight is 271 g/mol. The Balaban J connectivity index is 1.92. The van der Waals surface area contributed by atoms with Crippen molar-refractivity contribution in [1.29, 1.82) is 0 Å². The van der Waals surface area contributed by atoms with Gasteiger partial charge in [-0.2, -0.15) is 0 Å². The number of amides is 1. The molecule has 2 heterocycles. The first-order chi connectivity index (χ1) is 9.17. The summed E-state index contributed by atoms with van der Waals surface area (Å²) >= 11 is 1.54. The van der Waals surface area contributed by atoms with Crippen LogP contribution in [0, 0.1) is 0 Å². The molecule has 2 aromatic rings. The molecule has 1 aliphatic rings. The van der Waals surface area contributed by atoms with Gasteiger partial charge in [-0.05, 0) is 42.3 Å². The molecule has 0 bridgehead atoms. The van der Waals surface area contributed by atoms with E-state index in [1.807, 2.05) is 24.3 Å². The lowest BCUT2D eigenvalue weighted by atomic mass is 10.0. The molecule has 0 atom stereocenters. The number of carbonyl (C=O) groups is 2. The highest BCUT2D eigenvalue weighted by Crippen LogP contribution is 2.26. The van der Waals surface area contributed by atoms with Gasteiger partial charge in [0.25, 0.3) is 0 Å². The molecule has 1 N–H and O–H groups in total. The Labute approximate surface area is 115 Å². The van der Waals surface area contributed by atoms with Crippen molar-refractivity contribution in [3.8, 4) is 0 Å². The number of aryl methyl sites for hydroxylation is 1. The minimum absolute atomic E-state index is 0.0102. The fourth-order valence-corrected chi connectivity index (χ4v) is 3.11. The van der Waals surface area contributed by atoms with Crippen LogP contribution in [0.3, 0.4) is 0 Å². The predicted octanol–water partition coefficient (Wildman–Crippen LogP) is 3.04. The van der Waals surface area contributed by atoms with Crippen molar-refractivity contribution in [3.63, 3.8) is 0 Å². The van der Waals surface area contributed by atoms with Gasteiger partial charge >= 0.3 is 0 Å². The van der Waals surface area contributed by atoms with Crippen molar-refractivity contribution in [2.45, 2.75) is 19.8 Å². The minimum Gasteiger partial charge on any atom is -0.326 e. The van der Waals surface area contributed by atoms with Crippen LogP contribution >= 0.6 is 11.3 Å². The van der Waals surface area contributed by atoms with E-state index in [1.165, 1.54) is 16.2 Å². The maximum atomic E-state index is 12.4. The molecule has 96 valence electrons. The Kier molecular flexibility index (Phi) is 2.95. The summed E-state index contributed by atoms with van der Waals surface area (Å²) in [6.45, 7) is 2.08. The maximum absolute atomic E-state index is 12.4. The van der Waals surface area contributed by atoms with Crippen LogP contribution in [0.4, 0.5) is 5.69 Å². The number of benzene rings is 1. The van der Waals surface area contributed by atoms with Crippen LogP contribution in [0.5, 0.6) is 0 Å². The molecule has 0 aliphatic carbocycles. The van der Waals surface area contributed by atoms with E-state index in [1.54, 1.807) is 6.07 Å². The smallest absolute Gasteiger partial charge is 0.228 e. The highest BCUT2D eigenvalue weighted by atomic mass is 32.1. The largest absolute Gasteiger partial charge is 0.326 e. The SMILES string of the molecule is CCc1ccc(C(=O)c2ccc3c(c2)CC(=O)N3)s1. The van der Waals surface area contributed by atoms with Crippen LogP contribution in [-0.2, 0) is 17.6 Å². The summed E-state index contributed by atoms with van der Waals surface area (Å²) < 4.78 is 0. The fourth-order valence-electron chi connectivity index (χ4n) is 2.20. The highest BCUT2D eigenvalue weighted by Gasteiger charge is 2.20. The second kappa shape index (κ2) is 4.63. The van der Waals surface area contributed by atoms with E-state index in [0.717, 1.165) is 22.5 Å². The zero-order chi connectivity index (χ0) is 13.4. The van der Waals surface area contributed by atoms with Crippen molar-refractivity contribution in [2.75, 3.05) is 5.32 Å². The quantitative estimate of drug-likeness (QED) is 0.872. The van der Waals surface area contributed by atoms with Gasteiger partial charge in [0.1, 0.15) is 0 Å². The molecule has 1 aromatic heterocycles. The third kappa shape index (κ3) is 2.19. The zero-order valence-corrected chi connectivity index (χ0v) is 11.3. The molecular weight excluding hydrogens is 258 g/mol. The third-order valence-corrected chi connectivity index (χ3v) is 4.45. The lowest BCUT2D eigenvalue weighted by Crippen LogP contribution is -2.03. The molecule has 1 amide bonds. The number of nitrogens with one attached hydrogen (secondary N) is 1. The molecule has 0 saturated heterocycles. The Morgan fingerprint density at radius 3 is 2.89 bits per heavy atom. The van der Waals surface area contributed by atoms with E-state index in [2.05, 4.69) is 12.2 Å². The number of carbonyl (C=O) groups excluding carboxylic acids is 2. The van der Waals surface area contributed by atoms with E-state index in [4.69, 9.17) is 0 Å². The standard InChI is InChI=1S/C15H13NO2S/c1-2-11-4-6-13(19-11)15(18)9-3-5-12-10(7-9)8-14(17)16-12/h3-7H,2,8H2,1H3,(H,16,17). The Bertz CT molecular complexity index is 673. The van der Waals surface area contributed by atoms with Gasteiger partial charge in [0, 0.05) is 16.1 Å². The Morgan fingerprint density at radius 2 is 2.16 bits per heavy atom. The summed E-state index contributed by atoms with van der Waals surface area (Å²) in [6.07, 6.45) is 1.31. The fraction of sp³-hybridized carbons (Fsp3) is 0.200. The van der Waals surface area contributed by atoms with Gasteiger partial charge in [0.05, 0.1) is 11.3 Å². The van der Waals surface area contributed by atoms with Crippen molar-refractivity contribution >= 4 is 28.7 Å². The molecule has 1 aliphatic heterocycles. The second-order valence-electron chi connectivity index (χ2n) is 4.55. The number of anilines is 1. The van der Waals surface area contributed by atoms with Crippen LogP contribution in [0.25, 0.3) is 0 Å². The molecule has 1 aromatic carbocycles. The molecule has 0 spiro atoms. The summed E-state index contributed by atoms with van der Waals surface area (Å²) in [7, 11) is 0. The average Bonchev–Trinajstić information content (AvgIpc) is 3.01. The molecule has 0 saturated carbocycles. The first-order valence-corrected chi connectivity index (χ1v) is 7.05.